The molecular formula is C26H37F2NO2. The zero-order valence-corrected chi connectivity index (χ0v) is 18.8. The average Bonchev–Trinajstić information content (AvgIpc) is 2.96. The predicted molar refractivity (Wildman–Crippen MR) is 118 cm³/mol. The van der Waals surface area contributed by atoms with Crippen LogP contribution in [0.5, 0.6) is 5.75 Å². The molecule has 4 aliphatic rings. The number of hydrogen-bond donors (Lipinski definition) is 1. The van der Waals surface area contributed by atoms with Crippen LogP contribution < -0.4 is 0 Å². The summed E-state index contributed by atoms with van der Waals surface area (Å²) in [6.45, 7) is 6.60. The lowest BCUT2D eigenvalue weighted by Gasteiger charge is -2.51. The second-order valence-electron chi connectivity index (χ2n) is 10.8. The number of aryl methyl sites for hydroxylation is 1. The molecular weight excluding hydrogens is 396 g/mol. The normalized spacial score (nSPS) is 37.1. The lowest BCUT2D eigenvalue weighted by molar-refractivity contribution is -0.133. The number of phenolic OH excluding ortho intramolecular Hbond substituents is 1. The van der Waals surface area contributed by atoms with E-state index in [1.165, 1.54) is 11.1 Å². The highest BCUT2D eigenvalue weighted by Crippen LogP contribution is 2.68. The molecule has 1 aromatic carbocycles. The van der Waals surface area contributed by atoms with Gasteiger partial charge in [-0.05, 0) is 92.0 Å². The van der Waals surface area contributed by atoms with Crippen molar-refractivity contribution in [2.45, 2.75) is 70.1 Å². The molecule has 5 rings (SSSR count). The van der Waals surface area contributed by atoms with Gasteiger partial charge in [-0.2, -0.15) is 0 Å². The lowest BCUT2D eigenvalue weighted by Crippen LogP contribution is -2.47. The van der Waals surface area contributed by atoms with E-state index in [1.807, 2.05) is 13.0 Å². The summed E-state index contributed by atoms with van der Waals surface area (Å²) in [5.74, 6) is -1.24. The SMILES string of the molecule is C[C@]12CC[C@@H]3c4ccc(O)cc4CC[C@H]3[C@@H]1[C@@H](CCCCN1CCOCC1)CC2(F)F. The lowest BCUT2D eigenvalue weighted by atomic mass is 9.53. The number of hydrogen-bond acceptors (Lipinski definition) is 3. The van der Waals surface area contributed by atoms with E-state index >= 15 is 8.78 Å². The van der Waals surface area contributed by atoms with Gasteiger partial charge in [0.25, 0.3) is 5.92 Å². The molecule has 31 heavy (non-hydrogen) atoms. The van der Waals surface area contributed by atoms with E-state index in [-0.39, 0.29) is 18.3 Å². The van der Waals surface area contributed by atoms with Gasteiger partial charge in [0, 0.05) is 24.9 Å². The van der Waals surface area contributed by atoms with E-state index in [1.54, 1.807) is 6.07 Å². The van der Waals surface area contributed by atoms with Gasteiger partial charge >= 0.3 is 0 Å². The van der Waals surface area contributed by atoms with Crippen LogP contribution in [0.3, 0.4) is 0 Å². The van der Waals surface area contributed by atoms with Crippen molar-refractivity contribution in [3.63, 3.8) is 0 Å². The summed E-state index contributed by atoms with van der Waals surface area (Å²) in [4.78, 5) is 2.45. The molecule has 3 aliphatic carbocycles. The Labute approximate surface area is 185 Å². The Morgan fingerprint density at radius 1 is 1.16 bits per heavy atom. The smallest absolute Gasteiger partial charge is 0.253 e. The molecule has 172 valence electrons. The monoisotopic (exact) mass is 433 g/mol. The Bertz CT molecular complexity index is 794. The summed E-state index contributed by atoms with van der Waals surface area (Å²) >= 11 is 0. The molecule has 0 radical (unpaired) electrons. The first kappa shape index (κ1) is 21.6. The maximum Gasteiger partial charge on any atom is 0.253 e. The van der Waals surface area contributed by atoms with Crippen molar-refractivity contribution < 1.29 is 18.6 Å². The topological polar surface area (TPSA) is 32.7 Å². The molecule has 0 spiro atoms. The van der Waals surface area contributed by atoms with Crippen molar-refractivity contribution >= 4 is 0 Å². The number of phenols is 1. The summed E-state index contributed by atoms with van der Waals surface area (Å²) < 4.78 is 36.2. The van der Waals surface area contributed by atoms with Gasteiger partial charge in [-0.25, -0.2) is 8.78 Å². The number of unbranched alkanes of at least 4 members (excludes halogenated alkanes) is 1. The van der Waals surface area contributed by atoms with Crippen molar-refractivity contribution in [1.29, 1.82) is 0 Å². The zero-order valence-electron chi connectivity index (χ0n) is 18.8. The Hall–Kier alpha value is -1.20. The van der Waals surface area contributed by atoms with E-state index in [2.05, 4.69) is 11.0 Å². The Morgan fingerprint density at radius 2 is 1.97 bits per heavy atom. The summed E-state index contributed by atoms with van der Waals surface area (Å²) in [5, 5.41) is 9.89. The van der Waals surface area contributed by atoms with Crippen molar-refractivity contribution in [1.82, 2.24) is 4.90 Å². The first-order chi connectivity index (χ1) is 14.9. The average molecular weight is 434 g/mol. The minimum atomic E-state index is -2.55. The molecule has 0 amide bonds. The molecule has 1 aromatic rings. The highest BCUT2D eigenvalue weighted by molar-refractivity contribution is 5.40. The highest BCUT2D eigenvalue weighted by Gasteiger charge is 2.67. The van der Waals surface area contributed by atoms with Crippen LogP contribution in [0.2, 0.25) is 0 Å². The number of benzene rings is 1. The molecule has 1 aliphatic heterocycles. The zero-order chi connectivity index (χ0) is 21.6. The summed E-state index contributed by atoms with van der Waals surface area (Å²) in [6, 6.07) is 5.74. The molecule has 5 atom stereocenters. The van der Waals surface area contributed by atoms with E-state index in [0.29, 0.717) is 24.0 Å². The molecule has 1 heterocycles. The second-order valence-corrected chi connectivity index (χ2v) is 10.8. The van der Waals surface area contributed by atoms with Crippen LogP contribution >= 0.6 is 0 Å². The van der Waals surface area contributed by atoms with E-state index in [4.69, 9.17) is 4.74 Å². The molecule has 0 unspecified atom stereocenters. The number of nitrogens with zero attached hydrogens (tertiary/aromatic N) is 1. The number of rotatable bonds is 5. The first-order valence-corrected chi connectivity index (χ1v) is 12.4. The number of morpholine rings is 1. The maximum atomic E-state index is 15.4. The number of fused-ring (bicyclic) bond motifs is 5. The Balaban J connectivity index is 1.30. The summed E-state index contributed by atoms with van der Waals surface area (Å²) in [6.07, 6.45) is 6.54. The molecule has 3 nitrogen and oxygen atoms in total. The van der Waals surface area contributed by atoms with Gasteiger partial charge in [0.15, 0.2) is 0 Å². The predicted octanol–water partition coefficient (Wildman–Crippen LogP) is 5.61. The van der Waals surface area contributed by atoms with Crippen LogP contribution in [0.4, 0.5) is 8.78 Å². The van der Waals surface area contributed by atoms with Gasteiger partial charge in [-0.1, -0.05) is 19.4 Å². The minimum absolute atomic E-state index is 0.0807. The first-order valence-electron chi connectivity index (χ1n) is 12.4. The Kier molecular flexibility index (Phi) is 5.79. The number of halogens is 2. The molecule has 5 heteroatoms. The largest absolute Gasteiger partial charge is 0.508 e. The van der Waals surface area contributed by atoms with Gasteiger partial charge in [-0.15, -0.1) is 0 Å². The van der Waals surface area contributed by atoms with Gasteiger partial charge in [-0.3, -0.25) is 4.90 Å². The van der Waals surface area contributed by atoms with Crippen LogP contribution in [0.15, 0.2) is 18.2 Å². The third-order valence-electron chi connectivity index (χ3n) is 9.23. The standard InChI is InChI=1S/C26H37F2NO2/c1-25-10-9-22-21-8-6-20(30)16-18(21)5-7-23(22)24(25)19(17-26(25,27)28)4-2-3-11-29-12-14-31-15-13-29/h6,8,16,19,22-24,30H,2-5,7,9-15,17H2,1H3/t19-,22+,23+,24-,25-/m0/s1. The Morgan fingerprint density at radius 3 is 2.77 bits per heavy atom. The summed E-state index contributed by atoms with van der Waals surface area (Å²) in [7, 11) is 0. The minimum Gasteiger partial charge on any atom is -0.508 e. The number of ether oxygens (including phenoxy) is 1. The number of aromatic hydroxyl groups is 1. The van der Waals surface area contributed by atoms with Crippen molar-refractivity contribution in [2.24, 2.45) is 23.2 Å². The molecule has 0 aromatic heterocycles. The molecule has 1 saturated heterocycles. The van der Waals surface area contributed by atoms with Gasteiger partial charge in [0.2, 0.25) is 0 Å². The molecule has 1 N–H and O–H groups in total. The highest BCUT2D eigenvalue weighted by atomic mass is 19.3. The third-order valence-corrected chi connectivity index (χ3v) is 9.23. The summed E-state index contributed by atoms with van der Waals surface area (Å²) in [5.41, 5.74) is 1.70. The van der Waals surface area contributed by atoms with Gasteiger partial charge < -0.3 is 9.84 Å². The second kappa shape index (κ2) is 8.30. The van der Waals surface area contributed by atoms with Crippen LogP contribution in [0.25, 0.3) is 0 Å². The van der Waals surface area contributed by atoms with Crippen LogP contribution in [-0.2, 0) is 11.2 Å². The van der Waals surface area contributed by atoms with Crippen LogP contribution in [0, 0.1) is 23.2 Å². The fraction of sp³-hybridized carbons (Fsp3) is 0.769. The fourth-order valence-corrected chi connectivity index (χ4v) is 7.65. The fourth-order valence-electron chi connectivity index (χ4n) is 7.65. The van der Waals surface area contributed by atoms with Crippen molar-refractivity contribution in [3.05, 3.63) is 29.3 Å². The van der Waals surface area contributed by atoms with E-state index in [9.17, 15) is 5.11 Å². The van der Waals surface area contributed by atoms with E-state index < -0.39 is 11.3 Å². The third kappa shape index (κ3) is 3.80. The van der Waals surface area contributed by atoms with Crippen LogP contribution in [0.1, 0.15) is 68.9 Å². The van der Waals surface area contributed by atoms with Crippen LogP contribution in [-0.4, -0.2) is 48.8 Å². The van der Waals surface area contributed by atoms with Crippen molar-refractivity contribution in [2.75, 3.05) is 32.8 Å². The van der Waals surface area contributed by atoms with E-state index in [0.717, 1.165) is 71.4 Å². The van der Waals surface area contributed by atoms with Gasteiger partial charge in [0.1, 0.15) is 5.75 Å². The van der Waals surface area contributed by atoms with Gasteiger partial charge in [0.05, 0.1) is 13.2 Å². The maximum absolute atomic E-state index is 15.4. The molecule has 2 saturated carbocycles. The number of alkyl halides is 2. The quantitative estimate of drug-likeness (QED) is 0.613. The molecule has 3 fully saturated rings. The molecule has 0 bridgehead atoms. The van der Waals surface area contributed by atoms with Crippen molar-refractivity contribution in [3.8, 4) is 5.75 Å².